The van der Waals surface area contributed by atoms with E-state index in [0.29, 0.717) is 0 Å². The van der Waals surface area contributed by atoms with E-state index in [0.717, 1.165) is 10.6 Å². The van der Waals surface area contributed by atoms with Crippen LogP contribution in [0.15, 0.2) is 64.4 Å². The molecular formula is C13H12S2. The van der Waals surface area contributed by atoms with Gasteiger partial charge in [0.1, 0.15) is 0 Å². The van der Waals surface area contributed by atoms with E-state index in [4.69, 9.17) is 0 Å². The van der Waals surface area contributed by atoms with Gasteiger partial charge in [-0.05, 0) is 29.8 Å². The lowest BCUT2D eigenvalue weighted by molar-refractivity contribution is 1.34. The maximum Gasteiger partial charge on any atom is 0.0231 e. The van der Waals surface area contributed by atoms with Crippen LogP contribution in [0, 0.1) is 0 Å². The largest absolute Gasteiger partial charge is 0.143 e. The molecule has 0 N–H and O–H groups in total. The van der Waals surface area contributed by atoms with Crippen molar-refractivity contribution in [3.63, 3.8) is 0 Å². The molecule has 0 aliphatic rings. The zero-order chi connectivity index (χ0) is 10.5. The average Bonchev–Trinajstić information content (AvgIpc) is 2.30. The molecule has 0 heterocycles. The minimum absolute atomic E-state index is 1.01. The highest BCUT2D eigenvalue weighted by Gasteiger charge is 1.95. The Bertz CT molecular complexity index is 406. The van der Waals surface area contributed by atoms with Gasteiger partial charge in [0, 0.05) is 15.5 Å². The normalized spacial score (nSPS) is 10.2. The monoisotopic (exact) mass is 232 g/mol. The Hall–Kier alpha value is -0.860. The maximum atomic E-state index is 4.26. The Morgan fingerprint density at radius 1 is 0.867 bits per heavy atom. The number of hydrogen-bond acceptors (Lipinski definition) is 2. The molecular weight excluding hydrogens is 220 g/mol. The molecule has 2 heteroatoms. The molecule has 76 valence electrons. The van der Waals surface area contributed by atoms with Crippen LogP contribution in [0.5, 0.6) is 0 Å². The average molecular weight is 232 g/mol. The lowest BCUT2D eigenvalue weighted by Crippen LogP contribution is -1.78. The first-order chi connectivity index (χ1) is 7.34. The number of thiol groups is 1. The second-order valence-electron chi connectivity index (χ2n) is 3.27. The van der Waals surface area contributed by atoms with Crippen molar-refractivity contribution in [3.05, 3.63) is 60.2 Å². The summed E-state index contributed by atoms with van der Waals surface area (Å²) in [5.74, 6) is 1.02. The van der Waals surface area contributed by atoms with Crippen molar-refractivity contribution < 1.29 is 0 Å². The smallest absolute Gasteiger partial charge is 0.0231 e. The van der Waals surface area contributed by atoms with Gasteiger partial charge in [0.15, 0.2) is 0 Å². The summed E-state index contributed by atoms with van der Waals surface area (Å²) in [4.78, 5) is 2.30. The Balaban J connectivity index is 1.96. The predicted molar refractivity (Wildman–Crippen MR) is 69.7 cm³/mol. The Kier molecular flexibility index (Phi) is 3.75. The second kappa shape index (κ2) is 5.29. The summed E-state index contributed by atoms with van der Waals surface area (Å²) in [6.07, 6.45) is 0. The Labute approximate surface area is 100 Å². The molecule has 0 spiro atoms. The predicted octanol–water partition coefficient (Wildman–Crippen LogP) is 4.27. The lowest BCUT2D eigenvalue weighted by atomic mass is 10.2. The third-order valence-corrected chi connectivity index (χ3v) is 3.47. The van der Waals surface area contributed by atoms with Crippen LogP contribution in [0.1, 0.15) is 5.56 Å². The molecule has 0 aromatic heterocycles. The van der Waals surface area contributed by atoms with Crippen molar-refractivity contribution in [1.29, 1.82) is 0 Å². The number of rotatable bonds is 3. The van der Waals surface area contributed by atoms with E-state index in [-0.39, 0.29) is 0 Å². The van der Waals surface area contributed by atoms with Gasteiger partial charge in [0.25, 0.3) is 0 Å². The van der Waals surface area contributed by atoms with Crippen molar-refractivity contribution in [2.24, 2.45) is 0 Å². The summed E-state index contributed by atoms with van der Waals surface area (Å²) in [5, 5.41) is 0. The highest BCUT2D eigenvalue weighted by Crippen LogP contribution is 2.23. The van der Waals surface area contributed by atoms with E-state index in [9.17, 15) is 0 Å². The van der Waals surface area contributed by atoms with Crippen LogP contribution in [0.2, 0.25) is 0 Å². The van der Waals surface area contributed by atoms with Gasteiger partial charge in [0.05, 0.1) is 0 Å². The summed E-state index contributed by atoms with van der Waals surface area (Å²) in [6.45, 7) is 0. The van der Waals surface area contributed by atoms with Gasteiger partial charge in [0.2, 0.25) is 0 Å². The third kappa shape index (κ3) is 3.33. The fraction of sp³-hybridized carbons (Fsp3) is 0.0769. The van der Waals surface area contributed by atoms with Gasteiger partial charge in [-0.1, -0.05) is 30.3 Å². The molecule has 0 bridgehead atoms. The van der Waals surface area contributed by atoms with Gasteiger partial charge < -0.3 is 0 Å². The van der Waals surface area contributed by atoms with Gasteiger partial charge in [-0.15, -0.1) is 24.4 Å². The summed E-state index contributed by atoms with van der Waals surface area (Å²) in [7, 11) is 0. The minimum atomic E-state index is 1.01. The number of thioether (sulfide) groups is 1. The molecule has 2 aromatic carbocycles. The van der Waals surface area contributed by atoms with Gasteiger partial charge in [-0.3, -0.25) is 0 Å². The summed E-state index contributed by atoms with van der Waals surface area (Å²) >= 11 is 6.11. The number of hydrogen-bond donors (Lipinski definition) is 1. The van der Waals surface area contributed by atoms with Crippen molar-refractivity contribution in [2.75, 3.05) is 0 Å². The molecule has 2 rings (SSSR count). The van der Waals surface area contributed by atoms with E-state index in [1.165, 1.54) is 10.5 Å². The molecule has 0 radical (unpaired) electrons. The van der Waals surface area contributed by atoms with Crippen LogP contribution in [0.25, 0.3) is 0 Å². The van der Waals surface area contributed by atoms with E-state index in [1.54, 1.807) is 0 Å². The SMILES string of the molecule is Sc1ccc(SCc2ccccc2)cc1. The molecule has 15 heavy (non-hydrogen) atoms. The molecule has 0 amide bonds. The highest BCUT2D eigenvalue weighted by molar-refractivity contribution is 7.98. The van der Waals surface area contributed by atoms with Crippen molar-refractivity contribution in [1.82, 2.24) is 0 Å². The molecule has 0 unspecified atom stereocenters. The number of benzene rings is 2. The van der Waals surface area contributed by atoms with Crippen LogP contribution in [-0.2, 0) is 5.75 Å². The standard InChI is InChI=1S/C13H12S2/c14-12-6-8-13(9-7-12)15-10-11-4-2-1-3-5-11/h1-9,14H,10H2. The topological polar surface area (TPSA) is 0 Å². The molecule has 0 aliphatic heterocycles. The van der Waals surface area contributed by atoms with Crippen LogP contribution in [0.4, 0.5) is 0 Å². The molecule has 0 fully saturated rings. The zero-order valence-electron chi connectivity index (χ0n) is 8.26. The van der Waals surface area contributed by atoms with Crippen LogP contribution < -0.4 is 0 Å². The van der Waals surface area contributed by atoms with Crippen molar-refractivity contribution in [3.8, 4) is 0 Å². The Morgan fingerprint density at radius 2 is 1.53 bits per heavy atom. The summed E-state index contributed by atoms with van der Waals surface area (Å²) < 4.78 is 0. The van der Waals surface area contributed by atoms with E-state index >= 15 is 0 Å². The fourth-order valence-electron chi connectivity index (χ4n) is 1.28. The first-order valence-electron chi connectivity index (χ1n) is 4.80. The molecule has 0 atom stereocenters. The van der Waals surface area contributed by atoms with E-state index in [2.05, 4.69) is 49.0 Å². The molecule has 0 saturated heterocycles. The van der Waals surface area contributed by atoms with Gasteiger partial charge in [-0.2, -0.15) is 0 Å². The zero-order valence-corrected chi connectivity index (χ0v) is 9.97. The fourth-order valence-corrected chi connectivity index (χ4v) is 2.29. The molecule has 2 aromatic rings. The first kappa shape index (κ1) is 10.7. The van der Waals surface area contributed by atoms with Crippen LogP contribution >= 0.6 is 24.4 Å². The van der Waals surface area contributed by atoms with Gasteiger partial charge >= 0.3 is 0 Å². The first-order valence-corrected chi connectivity index (χ1v) is 6.23. The van der Waals surface area contributed by atoms with Crippen LogP contribution in [0.3, 0.4) is 0 Å². The minimum Gasteiger partial charge on any atom is -0.143 e. The van der Waals surface area contributed by atoms with E-state index < -0.39 is 0 Å². The quantitative estimate of drug-likeness (QED) is 0.609. The van der Waals surface area contributed by atoms with Crippen molar-refractivity contribution in [2.45, 2.75) is 15.5 Å². The van der Waals surface area contributed by atoms with Crippen LogP contribution in [-0.4, -0.2) is 0 Å². The molecule has 0 saturated carbocycles. The van der Waals surface area contributed by atoms with Crippen molar-refractivity contribution >= 4 is 24.4 Å². The maximum absolute atomic E-state index is 4.26. The van der Waals surface area contributed by atoms with Gasteiger partial charge in [-0.25, -0.2) is 0 Å². The lowest BCUT2D eigenvalue weighted by Gasteiger charge is -2.01. The molecule has 0 aliphatic carbocycles. The highest BCUT2D eigenvalue weighted by atomic mass is 32.2. The third-order valence-electron chi connectivity index (χ3n) is 2.09. The Morgan fingerprint density at radius 3 is 2.20 bits per heavy atom. The second-order valence-corrected chi connectivity index (χ2v) is 4.83. The summed E-state index contributed by atoms with van der Waals surface area (Å²) in [5.41, 5.74) is 1.36. The molecule has 0 nitrogen and oxygen atoms in total. The summed E-state index contributed by atoms with van der Waals surface area (Å²) in [6, 6.07) is 18.8. The van der Waals surface area contributed by atoms with E-state index in [1.807, 2.05) is 30.0 Å².